The van der Waals surface area contributed by atoms with Gasteiger partial charge in [-0.25, -0.2) is 0 Å². The second-order valence-corrected chi connectivity index (χ2v) is 6.82. The van der Waals surface area contributed by atoms with Gasteiger partial charge in [0.25, 0.3) is 5.91 Å². The molecule has 1 saturated heterocycles. The van der Waals surface area contributed by atoms with Crippen molar-refractivity contribution in [2.75, 3.05) is 6.54 Å². The van der Waals surface area contributed by atoms with E-state index in [0.29, 0.717) is 28.0 Å². The predicted molar refractivity (Wildman–Crippen MR) is 87.7 cm³/mol. The molecule has 1 fully saturated rings. The zero-order valence-electron chi connectivity index (χ0n) is 12.1. The fraction of sp³-hybridized carbons (Fsp3) is 0.500. The number of benzene rings is 1. The smallest absolute Gasteiger partial charge is 0.255 e. The zero-order valence-corrected chi connectivity index (χ0v) is 14.4. The average molecular weight is 373 g/mol. The molecule has 1 aliphatic heterocycles. The molecule has 1 amide bonds. The van der Waals surface area contributed by atoms with Crippen LogP contribution in [-0.2, 0) is 4.79 Å². The lowest BCUT2D eigenvalue weighted by Gasteiger charge is -2.30. The van der Waals surface area contributed by atoms with Crippen molar-refractivity contribution in [2.45, 2.75) is 45.1 Å². The number of Topliss-reactive ketones (excluding diaryl/α,β-unsaturated/α-hetero) is 1. The van der Waals surface area contributed by atoms with Crippen LogP contribution in [0.15, 0.2) is 22.7 Å². The third-order valence-corrected chi connectivity index (χ3v) is 4.71. The molecule has 1 aliphatic rings. The number of hydrogen-bond donors (Lipinski definition) is 0. The summed E-state index contributed by atoms with van der Waals surface area (Å²) < 4.78 is 0.700. The number of rotatable bonds is 3. The first kappa shape index (κ1) is 16.5. The van der Waals surface area contributed by atoms with Crippen molar-refractivity contribution in [2.24, 2.45) is 0 Å². The van der Waals surface area contributed by atoms with E-state index in [0.717, 1.165) is 25.7 Å². The monoisotopic (exact) mass is 371 g/mol. The molecule has 1 unspecified atom stereocenters. The first-order valence-electron chi connectivity index (χ1n) is 7.24. The number of amides is 1. The molecule has 1 aromatic rings. The summed E-state index contributed by atoms with van der Waals surface area (Å²) in [7, 11) is 0. The van der Waals surface area contributed by atoms with Gasteiger partial charge in [0.05, 0.1) is 5.56 Å². The van der Waals surface area contributed by atoms with Gasteiger partial charge in [0.1, 0.15) is 5.78 Å². The summed E-state index contributed by atoms with van der Waals surface area (Å²) in [6.07, 6.45) is 4.52. The van der Waals surface area contributed by atoms with E-state index in [1.807, 2.05) is 4.90 Å². The van der Waals surface area contributed by atoms with E-state index in [4.69, 9.17) is 11.6 Å². The van der Waals surface area contributed by atoms with Gasteiger partial charge in [-0.3, -0.25) is 9.59 Å². The summed E-state index contributed by atoms with van der Waals surface area (Å²) in [6.45, 7) is 2.30. The van der Waals surface area contributed by atoms with Crippen molar-refractivity contribution in [3.05, 3.63) is 33.3 Å². The first-order chi connectivity index (χ1) is 9.99. The topological polar surface area (TPSA) is 37.4 Å². The number of carbonyl (C=O) groups excluding carboxylic acids is 2. The summed E-state index contributed by atoms with van der Waals surface area (Å²) in [4.78, 5) is 26.2. The molecule has 21 heavy (non-hydrogen) atoms. The normalized spacial score (nSPS) is 19.2. The lowest BCUT2D eigenvalue weighted by atomic mass is 10.0. The molecule has 0 radical (unpaired) electrons. The lowest BCUT2D eigenvalue weighted by molar-refractivity contribution is -0.118. The molecule has 0 aromatic heterocycles. The Hall–Kier alpha value is -0.870. The van der Waals surface area contributed by atoms with Crippen LogP contribution in [-0.4, -0.2) is 29.2 Å². The van der Waals surface area contributed by atoms with E-state index in [-0.39, 0.29) is 17.7 Å². The Bertz CT molecular complexity index is 547. The minimum Gasteiger partial charge on any atom is -0.335 e. The van der Waals surface area contributed by atoms with Gasteiger partial charge in [0.15, 0.2) is 0 Å². The number of halogens is 2. The van der Waals surface area contributed by atoms with Gasteiger partial charge in [-0.2, -0.15) is 0 Å². The number of likely N-dealkylation sites (tertiary alicyclic amines) is 1. The Balaban J connectivity index is 2.26. The van der Waals surface area contributed by atoms with Crippen LogP contribution in [0.1, 0.15) is 49.4 Å². The molecule has 5 heteroatoms. The minimum absolute atomic E-state index is 0.0140. The molecule has 114 valence electrons. The minimum atomic E-state index is -0.0216. The Morgan fingerprint density at radius 3 is 2.76 bits per heavy atom. The summed E-state index contributed by atoms with van der Waals surface area (Å²) >= 11 is 9.34. The SMILES string of the molecule is CC(=O)CC1CCCCCN1C(=O)c1ccc(Cl)cc1Br. The Kier molecular flexibility index (Phi) is 5.82. The highest BCUT2D eigenvalue weighted by molar-refractivity contribution is 9.10. The standard InChI is InChI=1S/C16H19BrClNO2/c1-11(20)9-13-5-3-2-4-8-19(13)16(21)14-7-6-12(18)10-15(14)17/h6-7,10,13H,2-5,8-9H2,1H3. The van der Waals surface area contributed by atoms with Crippen molar-refractivity contribution in [3.63, 3.8) is 0 Å². The molecule has 0 aliphatic carbocycles. The number of hydrogen-bond acceptors (Lipinski definition) is 2. The average Bonchev–Trinajstić information content (AvgIpc) is 2.63. The van der Waals surface area contributed by atoms with Crippen LogP contribution in [0.5, 0.6) is 0 Å². The highest BCUT2D eigenvalue weighted by Gasteiger charge is 2.28. The Labute approximate surface area is 138 Å². The molecule has 1 atom stereocenters. The van der Waals surface area contributed by atoms with Gasteiger partial charge in [-0.15, -0.1) is 0 Å². The molecular weight excluding hydrogens is 354 g/mol. The van der Waals surface area contributed by atoms with Crippen molar-refractivity contribution in [1.82, 2.24) is 4.90 Å². The largest absolute Gasteiger partial charge is 0.335 e. The van der Waals surface area contributed by atoms with Crippen LogP contribution in [0.3, 0.4) is 0 Å². The molecular formula is C16H19BrClNO2. The van der Waals surface area contributed by atoms with Crippen molar-refractivity contribution < 1.29 is 9.59 Å². The van der Waals surface area contributed by atoms with Crippen LogP contribution in [0.2, 0.25) is 5.02 Å². The molecule has 1 heterocycles. The summed E-state index contributed by atoms with van der Waals surface area (Å²) in [6, 6.07) is 5.20. The van der Waals surface area contributed by atoms with E-state index in [2.05, 4.69) is 15.9 Å². The highest BCUT2D eigenvalue weighted by atomic mass is 79.9. The van der Waals surface area contributed by atoms with E-state index in [1.165, 1.54) is 0 Å². The second-order valence-electron chi connectivity index (χ2n) is 5.53. The molecule has 2 rings (SSSR count). The molecule has 0 bridgehead atoms. The second kappa shape index (κ2) is 7.41. The van der Waals surface area contributed by atoms with Crippen LogP contribution >= 0.6 is 27.5 Å². The molecule has 1 aromatic carbocycles. The van der Waals surface area contributed by atoms with E-state index < -0.39 is 0 Å². The van der Waals surface area contributed by atoms with Gasteiger partial charge >= 0.3 is 0 Å². The summed E-state index contributed by atoms with van der Waals surface area (Å²) in [5.41, 5.74) is 0.606. The Morgan fingerprint density at radius 2 is 2.10 bits per heavy atom. The molecule has 3 nitrogen and oxygen atoms in total. The van der Waals surface area contributed by atoms with Crippen LogP contribution < -0.4 is 0 Å². The van der Waals surface area contributed by atoms with E-state index in [9.17, 15) is 9.59 Å². The van der Waals surface area contributed by atoms with Gasteiger partial charge in [-0.05, 0) is 53.9 Å². The van der Waals surface area contributed by atoms with Crippen LogP contribution in [0.25, 0.3) is 0 Å². The van der Waals surface area contributed by atoms with Crippen molar-refractivity contribution in [3.8, 4) is 0 Å². The van der Waals surface area contributed by atoms with Gasteiger partial charge in [0, 0.05) is 28.5 Å². The maximum absolute atomic E-state index is 12.8. The van der Waals surface area contributed by atoms with Gasteiger partial charge in [0.2, 0.25) is 0 Å². The number of nitrogens with zero attached hydrogens (tertiary/aromatic N) is 1. The van der Waals surface area contributed by atoms with E-state index >= 15 is 0 Å². The summed E-state index contributed by atoms with van der Waals surface area (Å²) in [5, 5.41) is 0.592. The quantitative estimate of drug-likeness (QED) is 0.785. The maximum atomic E-state index is 12.8. The predicted octanol–water partition coefficient (Wildman–Crippen LogP) is 4.47. The Morgan fingerprint density at radius 1 is 1.33 bits per heavy atom. The highest BCUT2D eigenvalue weighted by Crippen LogP contribution is 2.26. The third-order valence-electron chi connectivity index (χ3n) is 3.82. The zero-order chi connectivity index (χ0) is 15.4. The third kappa shape index (κ3) is 4.30. The molecule has 0 spiro atoms. The fourth-order valence-corrected chi connectivity index (χ4v) is 3.66. The maximum Gasteiger partial charge on any atom is 0.255 e. The van der Waals surface area contributed by atoms with E-state index in [1.54, 1.807) is 25.1 Å². The lowest BCUT2D eigenvalue weighted by Crippen LogP contribution is -2.41. The van der Waals surface area contributed by atoms with Crippen LogP contribution in [0, 0.1) is 0 Å². The van der Waals surface area contributed by atoms with Gasteiger partial charge in [-0.1, -0.05) is 24.4 Å². The fourth-order valence-electron chi connectivity index (χ4n) is 2.81. The summed E-state index contributed by atoms with van der Waals surface area (Å²) in [5.74, 6) is 0.113. The number of ketones is 1. The van der Waals surface area contributed by atoms with Crippen molar-refractivity contribution in [1.29, 1.82) is 0 Å². The van der Waals surface area contributed by atoms with Crippen LogP contribution in [0.4, 0.5) is 0 Å². The number of carbonyl (C=O) groups is 2. The molecule has 0 saturated carbocycles. The van der Waals surface area contributed by atoms with Gasteiger partial charge < -0.3 is 4.90 Å². The van der Waals surface area contributed by atoms with Crippen molar-refractivity contribution >= 4 is 39.2 Å². The molecule has 0 N–H and O–H groups in total. The first-order valence-corrected chi connectivity index (χ1v) is 8.41.